The van der Waals surface area contributed by atoms with Crippen LogP contribution in [0.2, 0.25) is 0 Å². The van der Waals surface area contributed by atoms with Crippen molar-refractivity contribution in [1.29, 1.82) is 0 Å². The molecule has 0 bridgehead atoms. The number of carbonyl (C=O) groups excluding carboxylic acids is 1. The molecule has 2 aromatic carbocycles. The molecule has 8 heteroatoms. The van der Waals surface area contributed by atoms with Crippen LogP contribution < -0.4 is 10.2 Å². The topological polar surface area (TPSA) is 45.2 Å². The summed E-state index contributed by atoms with van der Waals surface area (Å²) in [5, 5.41) is 2.78. The highest BCUT2D eigenvalue weighted by Gasteiger charge is 2.36. The summed E-state index contributed by atoms with van der Waals surface area (Å²) in [6.07, 6.45) is 1.01. The number of amides is 2. The van der Waals surface area contributed by atoms with Crippen LogP contribution in [0.1, 0.15) is 16.8 Å². The van der Waals surface area contributed by atoms with Gasteiger partial charge in [-0.15, -0.1) is 11.8 Å². The van der Waals surface area contributed by atoms with E-state index in [4.69, 9.17) is 0 Å². The van der Waals surface area contributed by atoms with Crippen molar-refractivity contribution in [3.8, 4) is 11.1 Å². The second kappa shape index (κ2) is 8.70. The Bertz CT molecular complexity index is 1180. The Morgan fingerprint density at radius 1 is 1.16 bits per heavy atom. The number of fused-ring (bicyclic) bond motifs is 1. The molecule has 0 atom stereocenters. The third kappa shape index (κ3) is 4.36. The summed E-state index contributed by atoms with van der Waals surface area (Å²) in [6, 6.07) is 13.2. The Balaban J connectivity index is 1.54. The number of pyridine rings is 1. The van der Waals surface area contributed by atoms with Gasteiger partial charge < -0.3 is 5.32 Å². The van der Waals surface area contributed by atoms with Gasteiger partial charge in [-0.3, -0.25) is 9.88 Å². The average molecular weight is 456 g/mol. The number of anilines is 2. The zero-order valence-electron chi connectivity index (χ0n) is 17.2. The molecule has 0 saturated heterocycles. The summed E-state index contributed by atoms with van der Waals surface area (Å²) in [4.78, 5) is 18.6. The normalized spacial score (nSPS) is 13.1. The van der Waals surface area contributed by atoms with Crippen LogP contribution in [0.15, 0.2) is 66.2 Å². The predicted octanol–water partition coefficient (Wildman–Crippen LogP) is 6.73. The largest absolute Gasteiger partial charge is 0.417 e. The van der Waals surface area contributed by atoms with Gasteiger partial charge in [0.2, 0.25) is 0 Å². The third-order valence-electron chi connectivity index (χ3n) is 5.31. The molecular formula is C24H20F3N3OS. The lowest BCUT2D eigenvalue weighted by atomic mass is 10.1. The average Bonchev–Trinajstić information content (AvgIpc) is 3.21. The second-order valence-corrected chi connectivity index (χ2v) is 8.11. The molecule has 0 saturated carbocycles. The van der Waals surface area contributed by atoms with Gasteiger partial charge in [-0.25, -0.2) is 4.79 Å². The lowest BCUT2D eigenvalue weighted by molar-refractivity contribution is -0.139. The number of urea groups is 1. The first-order valence-corrected chi connectivity index (χ1v) is 11.1. The van der Waals surface area contributed by atoms with Crippen LogP contribution >= 0.6 is 11.8 Å². The van der Waals surface area contributed by atoms with Crippen LogP contribution in [0.4, 0.5) is 29.3 Å². The number of thioether (sulfide) groups is 1. The standard InChI is InChI=1S/C24H20F3N3OS/c1-3-18-12-16(8-10-28-18)15-4-6-19(7-5-15)29-23(31)30-11-9-17-13-22(32-2)20(14-21(17)30)24(25,26)27/h3-8,10,12-14H,1,9,11H2,2H3,(H,29,31). The second-order valence-electron chi connectivity index (χ2n) is 7.26. The Labute approximate surface area is 188 Å². The summed E-state index contributed by atoms with van der Waals surface area (Å²) in [6.45, 7) is 4.05. The van der Waals surface area contributed by atoms with Gasteiger partial charge in [-0.05, 0) is 71.8 Å². The molecule has 0 spiro atoms. The first-order chi connectivity index (χ1) is 15.3. The van der Waals surface area contributed by atoms with Crippen molar-refractivity contribution in [2.24, 2.45) is 0 Å². The molecule has 1 aliphatic heterocycles. The summed E-state index contributed by atoms with van der Waals surface area (Å²) in [5.74, 6) is 0. The SMILES string of the molecule is C=Cc1cc(-c2ccc(NC(=O)N3CCc4cc(SC)c(C(F)(F)F)cc43)cc2)ccn1. The highest BCUT2D eigenvalue weighted by molar-refractivity contribution is 7.98. The fourth-order valence-corrected chi connectivity index (χ4v) is 4.35. The minimum Gasteiger partial charge on any atom is -0.308 e. The van der Waals surface area contributed by atoms with E-state index >= 15 is 0 Å². The molecule has 1 aliphatic rings. The van der Waals surface area contributed by atoms with Gasteiger partial charge in [0, 0.05) is 29.0 Å². The van der Waals surface area contributed by atoms with Crippen LogP contribution in [0.25, 0.3) is 17.2 Å². The van der Waals surface area contributed by atoms with Gasteiger partial charge in [-0.1, -0.05) is 18.7 Å². The number of carbonyl (C=O) groups is 1. The number of nitrogens with one attached hydrogen (secondary N) is 1. The minimum absolute atomic E-state index is 0.171. The van der Waals surface area contributed by atoms with Crippen molar-refractivity contribution in [3.05, 3.63) is 78.1 Å². The molecule has 2 heterocycles. The van der Waals surface area contributed by atoms with E-state index in [1.165, 1.54) is 11.0 Å². The van der Waals surface area contributed by atoms with E-state index in [-0.39, 0.29) is 4.90 Å². The van der Waals surface area contributed by atoms with Gasteiger partial charge in [0.25, 0.3) is 0 Å². The van der Waals surface area contributed by atoms with Crippen molar-refractivity contribution in [1.82, 2.24) is 4.98 Å². The summed E-state index contributed by atoms with van der Waals surface area (Å²) in [5.41, 5.74) is 3.55. The number of alkyl halides is 3. The first kappa shape index (κ1) is 22.0. The van der Waals surface area contributed by atoms with Crippen molar-refractivity contribution in [3.63, 3.8) is 0 Å². The molecule has 0 fully saturated rings. The van der Waals surface area contributed by atoms with E-state index in [1.54, 1.807) is 30.7 Å². The summed E-state index contributed by atoms with van der Waals surface area (Å²) < 4.78 is 40.4. The van der Waals surface area contributed by atoms with Gasteiger partial charge in [0.05, 0.1) is 11.3 Å². The molecule has 32 heavy (non-hydrogen) atoms. The number of aromatic nitrogens is 1. The van der Waals surface area contributed by atoms with E-state index < -0.39 is 17.8 Å². The molecule has 0 aliphatic carbocycles. The van der Waals surface area contributed by atoms with Crippen molar-refractivity contribution in [2.45, 2.75) is 17.5 Å². The molecule has 1 aromatic heterocycles. The number of hydrogen-bond acceptors (Lipinski definition) is 3. The van der Waals surface area contributed by atoms with Crippen LogP contribution in [-0.2, 0) is 12.6 Å². The monoisotopic (exact) mass is 455 g/mol. The maximum absolute atomic E-state index is 13.5. The number of rotatable bonds is 4. The molecule has 0 unspecified atom stereocenters. The molecule has 0 radical (unpaired) electrons. The van der Waals surface area contributed by atoms with Gasteiger partial charge in [0.15, 0.2) is 0 Å². The Hall–Kier alpha value is -3.26. The molecule has 4 nitrogen and oxygen atoms in total. The first-order valence-electron chi connectivity index (χ1n) is 9.85. The lowest BCUT2D eigenvalue weighted by Crippen LogP contribution is -2.33. The maximum Gasteiger partial charge on any atom is 0.417 e. The Kier molecular flexibility index (Phi) is 5.97. The third-order valence-corrected chi connectivity index (χ3v) is 6.08. The van der Waals surface area contributed by atoms with Crippen molar-refractivity contribution >= 4 is 35.2 Å². The maximum atomic E-state index is 13.5. The highest BCUT2D eigenvalue weighted by atomic mass is 32.2. The Morgan fingerprint density at radius 3 is 2.56 bits per heavy atom. The molecule has 1 N–H and O–H groups in total. The molecular weight excluding hydrogens is 435 g/mol. The van der Waals surface area contributed by atoms with Crippen LogP contribution in [0.3, 0.4) is 0 Å². The highest BCUT2D eigenvalue weighted by Crippen LogP contribution is 2.42. The lowest BCUT2D eigenvalue weighted by Gasteiger charge is -2.20. The van der Waals surface area contributed by atoms with E-state index in [0.717, 1.165) is 40.2 Å². The van der Waals surface area contributed by atoms with Crippen LogP contribution in [0.5, 0.6) is 0 Å². The zero-order chi connectivity index (χ0) is 22.9. The van der Waals surface area contributed by atoms with E-state index in [0.29, 0.717) is 24.3 Å². The van der Waals surface area contributed by atoms with Crippen molar-refractivity contribution in [2.75, 3.05) is 23.0 Å². The van der Waals surface area contributed by atoms with Gasteiger partial charge in [0.1, 0.15) is 0 Å². The zero-order valence-corrected chi connectivity index (χ0v) is 18.1. The molecule has 2 amide bonds. The summed E-state index contributed by atoms with van der Waals surface area (Å²) in [7, 11) is 0. The molecule has 3 aromatic rings. The van der Waals surface area contributed by atoms with Crippen LogP contribution in [-0.4, -0.2) is 23.8 Å². The smallest absolute Gasteiger partial charge is 0.308 e. The van der Waals surface area contributed by atoms with Crippen molar-refractivity contribution < 1.29 is 18.0 Å². The van der Waals surface area contributed by atoms with E-state index in [2.05, 4.69) is 16.9 Å². The molecule has 164 valence electrons. The van der Waals surface area contributed by atoms with Gasteiger partial charge in [-0.2, -0.15) is 13.2 Å². The molecule has 4 rings (SSSR count). The predicted molar refractivity (Wildman–Crippen MR) is 123 cm³/mol. The fraction of sp³-hybridized carbons (Fsp3) is 0.167. The van der Waals surface area contributed by atoms with Crippen LogP contribution in [0, 0.1) is 0 Å². The quantitative estimate of drug-likeness (QED) is 0.444. The summed E-state index contributed by atoms with van der Waals surface area (Å²) >= 11 is 1.05. The van der Waals surface area contributed by atoms with Gasteiger partial charge >= 0.3 is 12.2 Å². The number of hydrogen-bond donors (Lipinski definition) is 1. The minimum atomic E-state index is -4.48. The van der Waals surface area contributed by atoms with E-state index in [9.17, 15) is 18.0 Å². The fourth-order valence-electron chi connectivity index (χ4n) is 3.69. The van der Waals surface area contributed by atoms with E-state index in [1.807, 2.05) is 24.3 Å². The number of benzene rings is 2. The number of halogens is 3. The number of nitrogens with zero attached hydrogens (tertiary/aromatic N) is 2. The Morgan fingerprint density at radius 2 is 1.91 bits per heavy atom.